The Morgan fingerprint density at radius 2 is 1.13 bits per heavy atom. The summed E-state index contributed by atoms with van der Waals surface area (Å²) in [6.45, 7) is 0.392. The number of carbonyl (C=O) groups excluding carboxylic acids is 3. The monoisotopic (exact) mass is 856 g/mol. The number of primary amides is 1. The van der Waals surface area contributed by atoms with E-state index in [-0.39, 0.29) is 17.7 Å². The topological polar surface area (TPSA) is 129 Å². The van der Waals surface area contributed by atoms with Crippen molar-refractivity contribution >= 4 is 28.6 Å². The van der Waals surface area contributed by atoms with Gasteiger partial charge in [-0.3, -0.25) is 9.59 Å². The second-order valence-electron chi connectivity index (χ2n) is 20.9. The highest BCUT2D eigenvalue weighted by molar-refractivity contribution is 5.92. The molecule has 4 aliphatic rings. The number of H-pyrrole nitrogens is 1. The lowest BCUT2D eigenvalue weighted by molar-refractivity contribution is -0.129. The molecule has 0 spiro atoms. The van der Waals surface area contributed by atoms with E-state index in [0.717, 1.165) is 65.8 Å². The molecular weight excluding hydrogens is 767 g/mol. The quantitative estimate of drug-likeness (QED) is 0.114. The number of nitrogens with one attached hydrogen (secondary N) is 4. The molecule has 8 heteroatoms. The summed E-state index contributed by atoms with van der Waals surface area (Å²) in [5, 5.41) is 11.1. The molecule has 4 fully saturated rings. The van der Waals surface area contributed by atoms with Crippen molar-refractivity contribution in [3.05, 3.63) is 36.0 Å². The van der Waals surface area contributed by atoms with Gasteiger partial charge < -0.3 is 26.7 Å². The molecule has 6 N–H and O–H groups in total. The zero-order valence-electron chi connectivity index (χ0n) is 39.1. The fourth-order valence-electron chi connectivity index (χ4n) is 12.6. The van der Waals surface area contributed by atoms with Gasteiger partial charge in [0.05, 0.1) is 12.1 Å². The lowest BCUT2D eigenvalue weighted by Gasteiger charge is -2.36. The van der Waals surface area contributed by atoms with Crippen molar-refractivity contribution in [1.82, 2.24) is 20.9 Å². The normalized spacial score (nSPS) is 26.1. The highest BCUT2D eigenvalue weighted by atomic mass is 16.2. The number of hydrogen-bond acceptors (Lipinski definition) is 4. The zero-order valence-corrected chi connectivity index (χ0v) is 39.1. The van der Waals surface area contributed by atoms with Crippen LogP contribution in [0.5, 0.6) is 0 Å². The molecule has 0 saturated heterocycles. The Bertz CT molecular complexity index is 1560. The average molecular weight is 856 g/mol. The van der Waals surface area contributed by atoms with E-state index in [1.165, 1.54) is 167 Å². The predicted molar refractivity (Wildman–Crippen MR) is 257 cm³/mol. The van der Waals surface area contributed by atoms with Gasteiger partial charge in [0.1, 0.15) is 0 Å². The second-order valence-corrected chi connectivity index (χ2v) is 20.9. The van der Waals surface area contributed by atoms with Crippen molar-refractivity contribution in [3.63, 3.8) is 0 Å². The summed E-state index contributed by atoms with van der Waals surface area (Å²) < 4.78 is 0. The van der Waals surface area contributed by atoms with Crippen LogP contribution in [0.25, 0.3) is 10.9 Å². The van der Waals surface area contributed by atoms with Crippen LogP contribution < -0.4 is 21.7 Å². The molecule has 6 rings (SSSR count). The van der Waals surface area contributed by atoms with Crippen molar-refractivity contribution in [2.75, 3.05) is 6.54 Å². The Balaban J connectivity index is 1.09. The third kappa shape index (κ3) is 16.6. The van der Waals surface area contributed by atoms with Gasteiger partial charge in [-0.1, -0.05) is 166 Å². The maximum atomic E-state index is 14.7. The highest BCUT2D eigenvalue weighted by Crippen LogP contribution is 2.42. The molecule has 0 bridgehead atoms. The van der Waals surface area contributed by atoms with Crippen LogP contribution in [0.4, 0.5) is 4.79 Å². The zero-order chi connectivity index (χ0) is 43.2. The lowest BCUT2D eigenvalue weighted by atomic mass is 9.74. The molecule has 8 nitrogen and oxygen atoms in total. The van der Waals surface area contributed by atoms with E-state index in [2.05, 4.69) is 45.3 Å². The lowest BCUT2D eigenvalue weighted by Crippen LogP contribution is -2.54. The van der Waals surface area contributed by atoms with Crippen LogP contribution in [-0.4, -0.2) is 47.4 Å². The van der Waals surface area contributed by atoms with E-state index in [9.17, 15) is 14.4 Å². The van der Waals surface area contributed by atoms with Gasteiger partial charge in [0.15, 0.2) is 5.78 Å². The fraction of sp³-hybridized carbons (Fsp3) is 0.796. The molecule has 0 radical (unpaired) electrons. The maximum Gasteiger partial charge on any atom is 0.312 e. The van der Waals surface area contributed by atoms with Crippen LogP contribution in [0.2, 0.25) is 0 Å². The molecule has 2 unspecified atom stereocenters. The first kappa shape index (κ1) is 48.6. The van der Waals surface area contributed by atoms with Gasteiger partial charge in [0.25, 0.3) is 0 Å². The Hall–Kier alpha value is -2.87. The summed E-state index contributed by atoms with van der Waals surface area (Å²) in [4.78, 5) is 44.0. The number of ketones is 1. The van der Waals surface area contributed by atoms with Crippen LogP contribution in [0.3, 0.4) is 0 Å². The second kappa shape index (κ2) is 27.5. The van der Waals surface area contributed by atoms with Crippen molar-refractivity contribution in [1.29, 1.82) is 0 Å². The number of amides is 3. The standard InChI is InChI=1S/C54H89N5O3/c55-54(62)56-36-22-29-50(52(60)38-41-30-31-45(37-41)43-25-18-14-10-6-7-11-15-19-26-43)59-53(61)51(39-46-40-57-49-28-21-20-27-48(46)49)58-47-34-32-44(33-35-47)42-23-16-12-8-4-2-1-3-5-9-13-17-24-42/h20-21,27-28,40-45,47,50-51,57-58H,1-19,22-26,29-39H2,(H,59,61)(H3,55,56,62)/t41?,44?,45?,47?,50-,51-/m0/s1. The Morgan fingerprint density at radius 3 is 1.71 bits per heavy atom. The van der Waals surface area contributed by atoms with E-state index >= 15 is 0 Å². The first-order valence-electron chi connectivity index (χ1n) is 26.6. The van der Waals surface area contributed by atoms with Crippen LogP contribution in [0, 0.1) is 29.6 Å². The number of rotatable bonds is 15. The van der Waals surface area contributed by atoms with Gasteiger partial charge >= 0.3 is 6.03 Å². The largest absolute Gasteiger partial charge is 0.361 e. The minimum atomic E-state index is -0.577. The number of nitrogens with two attached hydrogens (primary N) is 1. The van der Waals surface area contributed by atoms with Crippen LogP contribution in [0.15, 0.2) is 30.5 Å². The van der Waals surface area contributed by atoms with Crippen molar-refractivity contribution in [2.24, 2.45) is 35.3 Å². The SMILES string of the molecule is NC(=O)NCCC[C@H](NC(=O)[C@H](Cc1c[nH]c2ccccc12)NC1CCC(C2CCCCCCCCCCCCC2)CC1)C(=O)CC1CCC(C2CCCCCCCCCC2)C1. The third-order valence-corrected chi connectivity index (χ3v) is 16.3. The van der Waals surface area contributed by atoms with E-state index in [1.807, 2.05) is 6.07 Å². The fourth-order valence-corrected chi connectivity index (χ4v) is 12.6. The van der Waals surface area contributed by atoms with E-state index < -0.39 is 18.1 Å². The smallest absolute Gasteiger partial charge is 0.312 e. The number of benzene rings is 1. The molecule has 4 atom stereocenters. The number of urea groups is 1. The maximum absolute atomic E-state index is 14.7. The van der Waals surface area contributed by atoms with Crippen molar-refractivity contribution in [3.8, 4) is 0 Å². The molecule has 1 heterocycles. The number of hydrogen-bond donors (Lipinski definition) is 5. The molecule has 4 aliphatic carbocycles. The molecule has 2 aromatic rings. The van der Waals surface area contributed by atoms with Crippen LogP contribution in [0.1, 0.15) is 217 Å². The number of aromatic amines is 1. The predicted octanol–water partition coefficient (Wildman–Crippen LogP) is 12.8. The third-order valence-electron chi connectivity index (χ3n) is 16.3. The van der Waals surface area contributed by atoms with Crippen LogP contribution in [-0.2, 0) is 16.0 Å². The summed E-state index contributed by atoms with van der Waals surface area (Å²) in [5.41, 5.74) is 7.62. The Labute approximate surface area is 377 Å². The van der Waals surface area contributed by atoms with Crippen molar-refractivity contribution in [2.45, 2.75) is 236 Å². The number of para-hydroxylation sites is 1. The van der Waals surface area contributed by atoms with Gasteiger partial charge in [-0.05, 0) is 105 Å². The number of Topliss-reactive ketones (excluding diaryl/α,β-unsaturated/α-hetero) is 1. The molecule has 1 aromatic carbocycles. The van der Waals surface area contributed by atoms with Gasteiger partial charge in [0.2, 0.25) is 5.91 Å². The molecule has 62 heavy (non-hydrogen) atoms. The molecule has 3 amide bonds. The first-order chi connectivity index (χ1) is 30.4. The van der Waals surface area contributed by atoms with Crippen LogP contribution >= 0.6 is 0 Å². The Morgan fingerprint density at radius 1 is 0.613 bits per heavy atom. The average Bonchev–Trinajstić information content (AvgIpc) is 3.90. The van der Waals surface area contributed by atoms with Gasteiger partial charge in [-0.25, -0.2) is 4.79 Å². The summed E-state index contributed by atoms with van der Waals surface area (Å²) in [5.74, 6) is 3.62. The molecule has 348 valence electrons. The Kier molecular flexibility index (Phi) is 21.5. The van der Waals surface area contributed by atoms with Gasteiger partial charge in [-0.15, -0.1) is 0 Å². The number of carbonyl (C=O) groups is 3. The minimum absolute atomic E-state index is 0.0774. The van der Waals surface area contributed by atoms with Gasteiger partial charge in [0, 0.05) is 36.1 Å². The van der Waals surface area contributed by atoms with E-state index in [4.69, 9.17) is 5.73 Å². The number of fused-ring (bicyclic) bond motifs is 1. The first-order valence-corrected chi connectivity index (χ1v) is 26.6. The molecule has 1 aromatic heterocycles. The molecular formula is C54H89N5O3. The minimum Gasteiger partial charge on any atom is -0.361 e. The highest BCUT2D eigenvalue weighted by Gasteiger charge is 2.35. The summed E-state index contributed by atoms with van der Waals surface area (Å²) in [7, 11) is 0. The summed E-state index contributed by atoms with van der Waals surface area (Å²) in [6, 6.07) is 7.05. The van der Waals surface area contributed by atoms with Crippen molar-refractivity contribution < 1.29 is 14.4 Å². The summed E-state index contributed by atoms with van der Waals surface area (Å²) in [6.07, 6.45) is 44.4. The van der Waals surface area contributed by atoms with E-state index in [0.29, 0.717) is 38.1 Å². The van der Waals surface area contributed by atoms with E-state index in [1.54, 1.807) is 0 Å². The van der Waals surface area contributed by atoms with Gasteiger partial charge in [-0.2, -0.15) is 0 Å². The number of aromatic nitrogens is 1. The summed E-state index contributed by atoms with van der Waals surface area (Å²) >= 11 is 0. The molecule has 4 saturated carbocycles. The molecule has 0 aliphatic heterocycles.